The predicted molar refractivity (Wildman–Crippen MR) is 84.6 cm³/mol. The van der Waals surface area contributed by atoms with Gasteiger partial charge in [-0.1, -0.05) is 24.3 Å². The van der Waals surface area contributed by atoms with Crippen molar-refractivity contribution < 1.29 is 9.59 Å². The number of amides is 2. The van der Waals surface area contributed by atoms with Crippen LogP contribution < -0.4 is 16.4 Å². The van der Waals surface area contributed by atoms with Crippen LogP contribution in [0.5, 0.6) is 0 Å². The first kappa shape index (κ1) is 15.9. The van der Waals surface area contributed by atoms with E-state index in [2.05, 4.69) is 10.6 Å². The second kappa shape index (κ2) is 6.49. The molecule has 1 fully saturated rings. The van der Waals surface area contributed by atoms with Crippen molar-refractivity contribution in [2.75, 3.05) is 5.75 Å². The Morgan fingerprint density at radius 2 is 2.00 bits per heavy atom. The smallest absolute Gasteiger partial charge is 0.243 e. The molecule has 1 aromatic rings. The highest BCUT2D eigenvalue weighted by Gasteiger charge is 2.37. The van der Waals surface area contributed by atoms with Crippen LogP contribution in [0.4, 0.5) is 0 Å². The maximum absolute atomic E-state index is 12.1. The minimum atomic E-state index is -0.463. The van der Waals surface area contributed by atoms with Crippen LogP contribution in [0.15, 0.2) is 24.3 Å². The summed E-state index contributed by atoms with van der Waals surface area (Å²) in [5.74, 6) is 0.358. The lowest BCUT2D eigenvalue weighted by Gasteiger charge is -2.32. The number of rotatable bonds is 4. The first-order chi connectivity index (χ1) is 9.92. The zero-order chi connectivity index (χ0) is 15.5. The maximum Gasteiger partial charge on any atom is 0.243 e. The molecule has 5 nitrogen and oxygen atoms in total. The van der Waals surface area contributed by atoms with Gasteiger partial charge in [0.25, 0.3) is 0 Å². The zero-order valence-electron chi connectivity index (χ0n) is 12.3. The molecule has 114 valence electrons. The van der Waals surface area contributed by atoms with Crippen LogP contribution in [0.25, 0.3) is 0 Å². The zero-order valence-corrected chi connectivity index (χ0v) is 13.1. The Hall–Kier alpha value is -1.53. The fourth-order valence-corrected chi connectivity index (χ4v) is 2.99. The molecule has 1 aliphatic rings. The van der Waals surface area contributed by atoms with Crippen molar-refractivity contribution in [2.45, 2.75) is 37.7 Å². The molecule has 1 aromatic carbocycles. The first-order valence-corrected chi connectivity index (χ1v) is 7.91. The summed E-state index contributed by atoms with van der Waals surface area (Å²) in [6, 6.07) is 7.32. The number of carbonyl (C=O) groups excluding carboxylic acids is 2. The summed E-state index contributed by atoms with van der Waals surface area (Å²) in [6.07, 6.45) is 0. The molecular formula is C15H21N3O2S. The molecule has 4 N–H and O–H groups in total. The van der Waals surface area contributed by atoms with Gasteiger partial charge in [-0.25, -0.2) is 0 Å². The predicted octanol–water partition coefficient (Wildman–Crippen LogP) is 0.772. The van der Waals surface area contributed by atoms with E-state index in [1.54, 1.807) is 0 Å². The fraction of sp³-hybridized carbons (Fsp3) is 0.467. The van der Waals surface area contributed by atoms with Crippen LogP contribution in [-0.4, -0.2) is 28.4 Å². The van der Waals surface area contributed by atoms with Crippen molar-refractivity contribution in [3.8, 4) is 0 Å². The second-order valence-corrected chi connectivity index (χ2v) is 7.23. The third kappa shape index (κ3) is 3.98. The van der Waals surface area contributed by atoms with Crippen molar-refractivity contribution in [1.29, 1.82) is 0 Å². The topological polar surface area (TPSA) is 84.2 Å². The monoisotopic (exact) mass is 307 g/mol. The average Bonchev–Trinajstić information content (AvgIpc) is 2.48. The summed E-state index contributed by atoms with van der Waals surface area (Å²) in [5.41, 5.74) is 7.61. The molecule has 21 heavy (non-hydrogen) atoms. The van der Waals surface area contributed by atoms with E-state index in [1.165, 1.54) is 11.8 Å². The minimum absolute atomic E-state index is 0.0915. The molecule has 1 aliphatic heterocycles. The maximum atomic E-state index is 12.1. The quantitative estimate of drug-likeness (QED) is 0.767. The molecule has 0 spiro atoms. The van der Waals surface area contributed by atoms with E-state index < -0.39 is 10.8 Å². The number of thioether (sulfide) groups is 1. The lowest BCUT2D eigenvalue weighted by atomic mass is 10.1. The first-order valence-electron chi connectivity index (χ1n) is 6.93. The molecule has 0 bridgehead atoms. The van der Waals surface area contributed by atoms with E-state index >= 15 is 0 Å². The van der Waals surface area contributed by atoms with Crippen molar-refractivity contribution in [3.63, 3.8) is 0 Å². The molecule has 2 amide bonds. The molecule has 0 aliphatic carbocycles. The number of hydrogen-bond acceptors (Lipinski definition) is 4. The van der Waals surface area contributed by atoms with E-state index in [0.29, 0.717) is 18.8 Å². The van der Waals surface area contributed by atoms with Crippen molar-refractivity contribution in [3.05, 3.63) is 35.4 Å². The van der Waals surface area contributed by atoms with E-state index in [4.69, 9.17) is 5.73 Å². The van der Waals surface area contributed by atoms with Gasteiger partial charge in [-0.05, 0) is 25.0 Å². The molecule has 1 heterocycles. The van der Waals surface area contributed by atoms with Gasteiger partial charge in [-0.2, -0.15) is 0 Å². The summed E-state index contributed by atoms with van der Waals surface area (Å²) >= 11 is 1.50. The fourth-order valence-electron chi connectivity index (χ4n) is 1.98. The Morgan fingerprint density at radius 1 is 1.38 bits per heavy atom. The Labute approximate surface area is 129 Å². The normalized spacial score (nSPS) is 20.7. The molecule has 2 rings (SSSR count). The van der Waals surface area contributed by atoms with Crippen molar-refractivity contribution in [1.82, 2.24) is 10.6 Å². The van der Waals surface area contributed by atoms with Gasteiger partial charge in [-0.3, -0.25) is 9.59 Å². The largest absolute Gasteiger partial charge is 0.350 e. The average molecular weight is 307 g/mol. The Morgan fingerprint density at radius 3 is 2.57 bits per heavy atom. The lowest BCUT2D eigenvalue weighted by molar-refractivity contribution is -0.129. The van der Waals surface area contributed by atoms with E-state index in [-0.39, 0.29) is 11.8 Å². The molecule has 0 radical (unpaired) electrons. The molecule has 0 unspecified atom stereocenters. The summed E-state index contributed by atoms with van der Waals surface area (Å²) in [5, 5.41) is 5.63. The second-order valence-electron chi connectivity index (χ2n) is 5.59. The van der Waals surface area contributed by atoms with Crippen LogP contribution in [0, 0.1) is 0 Å². The van der Waals surface area contributed by atoms with Gasteiger partial charge < -0.3 is 16.4 Å². The summed E-state index contributed by atoms with van der Waals surface area (Å²) in [7, 11) is 0. The Bertz CT molecular complexity index is 528. The summed E-state index contributed by atoms with van der Waals surface area (Å²) in [4.78, 5) is 23.9. The highest BCUT2D eigenvalue weighted by Crippen LogP contribution is 2.28. The number of carbonyl (C=O) groups is 2. The summed E-state index contributed by atoms with van der Waals surface area (Å²) < 4.78 is -0.463. The van der Waals surface area contributed by atoms with Crippen molar-refractivity contribution in [2.24, 2.45) is 5.73 Å². The molecule has 0 saturated carbocycles. The highest BCUT2D eigenvalue weighted by molar-refractivity contribution is 8.01. The third-order valence-corrected chi connectivity index (χ3v) is 4.91. The number of nitrogens with two attached hydrogens (primary N) is 1. The van der Waals surface area contributed by atoms with E-state index in [9.17, 15) is 9.59 Å². The van der Waals surface area contributed by atoms with Crippen LogP contribution >= 0.6 is 11.8 Å². The van der Waals surface area contributed by atoms with E-state index in [1.807, 2.05) is 38.1 Å². The van der Waals surface area contributed by atoms with Crippen LogP contribution in [-0.2, 0) is 22.7 Å². The number of nitrogens with one attached hydrogen (secondary N) is 2. The van der Waals surface area contributed by atoms with Gasteiger partial charge in [0.2, 0.25) is 11.8 Å². The van der Waals surface area contributed by atoms with Gasteiger partial charge in [0.05, 0.1) is 4.75 Å². The Kier molecular flexibility index (Phi) is 4.90. The SMILES string of the molecule is CC1(C)SC[C@@H](C(=O)NCc2ccc(CN)cc2)NC1=O. The third-order valence-electron chi connectivity index (χ3n) is 3.50. The molecule has 0 aromatic heterocycles. The van der Waals surface area contributed by atoms with E-state index in [0.717, 1.165) is 11.1 Å². The lowest BCUT2D eigenvalue weighted by Crippen LogP contribution is -2.57. The van der Waals surface area contributed by atoms with Gasteiger partial charge in [0.1, 0.15) is 6.04 Å². The molecular weight excluding hydrogens is 286 g/mol. The standard InChI is InChI=1S/C15H21N3O2S/c1-15(2)14(20)18-12(9-21-15)13(19)17-8-11-5-3-10(7-16)4-6-11/h3-6,12H,7-9,16H2,1-2H3,(H,17,19)(H,18,20)/t12-/m0/s1. The molecule has 1 saturated heterocycles. The van der Waals surface area contributed by atoms with Gasteiger partial charge in [-0.15, -0.1) is 11.8 Å². The van der Waals surface area contributed by atoms with Gasteiger partial charge in [0, 0.05) is 18.8 Å². The molecule has 1 atom stereocenters. The van der Waals surface area contributed by atoms with Crippen LogP contribution in [0.3, 0.4) is 0 Å². The van der Waals surface area contributed by atoms with Gasteiger partial charge in [0.15, 0.2) is 0 Å². The van der Waals surface area contributed by atoms with Gasteiger partial charge >= 0.3 is 0 Å². The number of benzene rings is 1. The number of hydrogen-bond donors (Lipinski definition) is 3. The van der Waals surface area contributed by atoms with Crippen molar-refractivity contribution >= 4 is 23.6 Å². The van der Waals surface area contributed by atoms with Crippen LogP contribution in [0.2, 0.25) is 0 Å². The Balaban J connectivity index is 1.86. The highest BCUT2D eigenvalue weighted by atomic mass is 32.2. The van der Waals surface area contributed by atoms with Crippen LogP contribution in [0.1, 0.15) is 25.0 Å². The summed E-state index contributed by atoms with van der Waals surface area (Å²) in [6.45, 7) is 4.68. The molecule has 6 heteroatoms. The minimum Gasteiger partial charge on any atom is -0.350 e.